The summed E-state index contributed by atoms with van der Waals surface area (Å²) in [6.07, 6.45) is 16.5. The molecule has 0 saturated carbocycles. The number of methoxy groups -OCH3 is 1. The molecule has 37 heteroatoms. The van der Waals surface area contributed by atoms with Gasteiger partial charge in [-0.05, 0) is 188 Å². The van der Waals surface area contributed by atoms with Crippen molar-refractivity contribution in [2.75, 3.05) is 7.11 Å². The molecule has 9 aromatic carbocycles. The monoisotopic (exact) mass is 2070 g/mol. The van der Waals surface area contributed by atoms with Crippen LogP contribution in [-0.2, 0) is 38.5 Å². The van der Waals surface area contributed by atoms with E-state index in [2.05, 4.69) is 155 Å². The van der Waals surface area contributed by atoms with Crippen LogP contribution in [0.3, 0.4) is 0 Å². The summed E-state index contributed by atoms with van der Waals surface area (Å²) in [5.41, 5.74) is 23.4. The molecule has 0 fully saturated rings. The van der Waals surface area contributed by atoms with Gasteiger partial charge in [0.15, 0.2) is 34.9 Å². The van der Waals surface area contributed by atoms with E-state index in [1.807, 2.05) is 223 Å². The Hall–Kier alpha value is -17.1. The fourth-order valence-electron chi connectivity index (χ4n) is 14.0. The number of hydrogen-bond acceptors (Lipinski definition) is 25. The molecule has 29 nitrogen and oxygen atoms in total. The van der Waals surface area contributed by atoms with Crippen LogP contribution in [0.2, 0.25) is 30.1 Å². The van der Waals surface area contributed by atoms with E-state index in [0.717, 1.165) is 104 Å². The van der Waals surface area contributed by atoms with Gasteiger partial charge in [-0.3, -0.25) is 30.6 Å². The zero-order valence-corrected chi connectivity index (χ0v) is 84.7. The van der Waals surface area contributed by atoms with Crippen molar-refractivity contribution in [2.45, 2.75) is 80.1 Å². The Labute approximate surface area is 872 Å². The number of phenolic OH excluding ortho intramolecular Hbond substituents is 1. The largest absolute Gasteiger partial charge is 0.507 e. The molecule has 145 heavy (non-hydrogen) atoms. The number of thiazole rings is 2. The highest BCUT2D eigenvalue weighted by Crippen LogP contribution is 2.32. The minimum absolute atomic E-state index is 0.136. The van der Waals surface area contributed by atoms with Gasteiger partial charge in [0, 0.05) is 136 Å². The van der Waals surface area contributed by atoms with Crippen LogP contribution in [-0.4, -0.2) is 126 Å². The van der Waals surface area contributed by atoms with E-state index >= 15 is 0 Å². The Balaban J connectivity index is 0.000000146. The first-order valence-electron chi connectivity index (χ1n) is 44.1. The molecular formula is C108H85Cl6N27O2S2. The Morgan fingerprint density at radius 1 is 0.338 bits per heavy atom. The highest BCUT2D eigenvalue weighted by molar-refractivity contribution is 7.13. The number of H-pyrrole nitrogens is 6. The molecule has 0 radical (unpaired) electrons. The maximum absolute atomic E-state index is 9.92. The molecule has 18 aromatic rings. The SMILES string of the molecule is COc1ccc(C=Nc2n[nH]c(Cc3cccc(Cl)c3)c2C#N)cn1.Cc1ccc(C=Nc2n[nH]c(Cc3cccc(Cl)c3)c2C#N)c(C)c1.Cc1ccc(C=Nc2n[nH]c(Cc3cccc(Cl)c3)c2C#N)c(O)c1.Cc1ccc(C=Nc2n[nH]c(Cc3cccc(Cl)c3)c2C#N)cc1.Cc1ncc(C=Nc2n[nH]c(Cc3cccc(Cl)c3)c2C#N)s1.Cc1ncsc1C=Nc1n[nH]c(Cc2cccc(Cl)c2)c1C#N. The number of aromatic amines is 6. The summed E-state index contributed by atoms with van der Waals surface area (Å²) in [6, 6.07) is 81.0. The third kappa shape index (κ3) is 30.7. The predicted molar refractivity (Wildman–Crippen MR) is 573 cm³/mol. The van der Waals surface area contributed by atoms with Crippen LogP contribution in [0, 0.1) is 110 Å². The number of aliphatic imine (C=N–C) groups is 6. The van der Waals surface area contributed by atoms with Crippen molar-refractivity contribution in [3.63, 3.8) is 0 Å². The van der Waals surface area contributed by atoms with Gasteiger partial charge < -0.3 is 9.84 Å². The summed E-state index contributed by atoms with van der Waals surface area (Å²) in [5.74, 6) is 2.87. The molecule has 0 aliphatic rings. The molecule has 0 aliphatic carbocycles. The topological polar surface area (TPSA) is 457 Å². The van der Waals surface area contributed by atoms with Gasteiger partial charge in [0.2, 0.25) is 5.88 Å². The molecule has 9 heterocycles. The van der Waals surface area contributed by atoms with E-state index in [1.54, 1.807) is 80.4 Å². The number of nitriles is 6. The number of pyridine rings is 1. The molecule has 0 unspecified atom stereocenters. The van der Waals surface area contributed by atoms with Crippen molar-refractivity contribution in [1.82, 2.24) is 76.1 Å². The molecule has 18 rings (SSSR count). The average Bonchev–Trinajstić information content (AvgIpc) is 1.72. The number of halogens is 6. The standard InChI is InChI=1S/C20H17ClN4.C19H15ClN4O.C19H15ClN4.C18H14ClN5O.2C16H12ClN5S/c1-13-6-7-16(14(2)8-13)12-23-20-18(11-22)19(24-25-20)10-15-4-3-5-17(21)9-15;1-12-5-6-14(18(25)7-12)11-22-19-16(10-21)17(23-24-19)9-13-3-2-4-15(20)8-13;1-13-5-7-14(8-6-13)12-22-19-17(11-21)18(23-24-19)10-15-3-2-4-16(20)9-15;1-25-17-6-5-13(10-21-17)11-22-18-15(9-20)16(23-24-18)8-12-3-2-4-14(19)7-12;1-10-19-8-13(23-10)9-20-16-14(7-18)15(21-22-16)6-11-3-2-4-12(17)5-11;1-10-15(23-9-20-10)8-19-16-13(7-18)14(21-22-16)6-11-3-2-4-12(17)5-11/h3-9,12H,10H2,1-2H3,(H,24,25);2-8,11,25H,9H2,1H3,(H,23,24);2-9,12H,10H2,1H3,(H,23,24);2-7,10-11H,8H2,1H3,(H,23,24);2*2-5,8-9H,6H2,1H3,(H,21,22). The van der Waals surface area contributed by atoms with Gasteiger partial charge in [-0.25, -0.2) is 44.9 Å². The summed E-state index contributed by atoms with van der Waals surface area (Å²) < 4.78 is 5.01. The second-order valence-corrected chi connectivity index (χ2v) is 36.8. The molecule has 0 saturated heterocycles. The predicted octanol–water partition coefficient (Wildman–Crippen LogP) is 25.5. The normalized spacial score (nSPS) is 10.9. The molecular weight excluding hydrogens is 1980 g/mol. The van der Waals surface area contributed by atoms with Crippen molar-refractivity contribution < 1.29 is 9.84 Å². The first-order valence-corrected chi connectivity index (χ1v) is 48.1. The number of nitrogens with zero attached hydrogens (tertiary/aromatic N) is 21. The highest BCUT2D eigenvalue weighted by atomic mass is 35.5. The number of aryl methyl sites for hydroxylation is 6. The number of ether oxygens (including phenoxy) is 1. The third-order valence-corrected chi connectivity index (χ3v) is 24.4. The minimum Gasteiger partial charge on any atom is -0.507 e. The number of aromatic nitrogens is 15. The van der Waals surface area contributed by atoms with Crippen molar-refractivity contribution >= 4 is 164 Å². The van der Waals surface area contributed by atoms with Crippen LogP contribution in [0.4, 0.5) is 34.9 Å². The smallest absolute Gasteiger partial charge is 0.212 e. The van der Waals surface area contributed by atoms with Crippen LogP contribution in [0.5, 0.6) is 11.6 Å². The summed E-state index contributed by atoms with van der Waals surface area (Å²) >= 11 is 39.0. The van der Waals surface area contributed by atoms with Crippen molar-refractivity contribution in [3.8, 4) is 48.0 Å². The molecule has 718 valence electrons. The maximum Gasteiger partial charge on any atom is 0.212 e. The molecule has 0 atom stereocenters. The Morgan fingerprint density at radius 2 is 0.655 bits per heavy atom. The van der Waals surface area contributed by atoms with E-state index in [0.29, 0.717) is 160 Å². The second-order valence-electron chi connectivity index (χ2n) is 32.0. The van der Waals surface area contributed by atoms with Gasteiger partial charge in [-0.15, -0.1) is 22.7 Å². The average molecular weight is 2070 g/mol. The summed E-state index contributed by atoms with van der Waals surface area (Å²) in [6.45, 7) is 11.9. The molecule has 7 N–H and O–H groups in total. The molecule has 0 aliphatic heterocycles. The number of hydrogen-bond donors (Lipinski definition) is 7. The Kier molecular flexibility index (Phi) is 38.1. The Bertz CT molecular complexity index is 7890. The van der Waals surface area contributed by atoms with E-state index < -0.39 is 0 Å². The maximum atomic E-state index is 9.92. The first-order chi connectivity index (χ1) is 70.3. The van der Waals surface area contributed by atoms with Gasteiger partial charge >= 0.3 is 0 Å². The van der Waals surface area contributed by atoms with Gasteiger partial charge in [0.05, 0.1) is 67.2 Å². The van der Waals surface area contributed by atoms with Crippen molar-refractivity contribution in [1.29, 1.82) is 31.6 Å². The lowest BCUT2D eigenvalue weighted by atomic mass is 10.1. The summed E-state index contributed by atoms with van der Waals surface area (Å²) in [4.78, 5) is 40.2. The molecule has 0 spiro atoms. The molecule has 0 bridgehead atoms. The molecule has 0 amide bonds. The van der Waals surface area contributed by atoms with Crippen LogP contribution in [0.25, 0.3) is 0 Å². The number of aromatic hydroxyl groups is 1. The van der Waals surface area contributed by atoms with Gasteiger partial charge in [-0.2, -0.15) is 62.2 Å². The zero-order chi connectivity index (χ0) is 103. The van der Waals surface area contributed by atoms with Crippen molar-refractivity contribution in [2.24, 2.45) is 30.0 Å². The first kappa shape index (κ1) is 105. The lowest BCUT2D eigenvalue weighted by molar-refractivity contribution is 0.398. The lowest BCUT2D eigenvalue weighted by Gasteiger charge is -2.01. The minimum atomic E-state index is 0.136. The lowest BCUT2D eigenvalue weighted by Crippen LogP contribution is -1.91. The fourth-order valence-corrected chi connectivity index (χ4v) is 16.6. The highest BCUT2D eigenvalue weighted by Gasteiger charge is 2.21. The number of phenols is 1. The van der Waals surface area contributed by atoms with E-state index in [9.17, 15) is 36.7 Å². The number of nitrogens with one attached hydrogen (secondary N) is 6. The van der Waals surface area contributed by atoms with Crippen LogP contribution in [0.1, 0.15) is 166 Å². The van der Waals surface area contributed by atoms with Gasteiger partial charge in [-0.1, -0.05) is 202 Å². The van der Waals surface area contributed by atoms with Crippen LogP contribution >= 0.6 is 92.3 Å². The number of rotatable bonds is 25. The van der Waals surface area contributed by atoms with Crippen LogP contribution < -0.4 is 4.74 Å². The van der Waals surface area contributed by atoms with Gasteiger partial charge in [0.1, 0.15) is 75.5 Å². The summed E-state index contributed by atoms with van der Waals surface area (Å²) in [7, 11) is 1.56. The van der Waals surface area contributed by atoms with E-state index in [4.69, 9.17) is 74.3 Å². The second kappa shape index (κ2) is 52.4. The van der Waals surface area contributed by atoms with Gasteiger partial charge in [0.25, 0.3) is 0 Å². The quantitative estimate of drug-likeness (QED) is 0.0261. The molecule has 9 aromatic heterocycles. The number of benzene rings is 9. The zero-order valence-electron chi connectivity index (χ0n) is 78.6. The van der Waals surface area contributed by atoms with E-state index in [-0.39, 0.29) is 5.75 Å². The van der Waals surface area contributed by atoms with Crippen molar-refractivity contribution in [3.05, 3.63) is 432 Å². The van der Waals surface area contributed by atoms with Crippen LogP contribution in [0.15, 0.2) is 266 Å². The fraction of sp³-hybridized carbons (Fsp3) is 0.120. The van der Waals surface area contributed by atoms with E-state index in [1.165, 1.54) is 40.0 Å². The Morgan fingerprint density at radius 3 is 0.959 bits per heavy atom. The summed E-state index contributed by atoms with van der Waals surface area (Å²) in [5, 5.41) is 114. The third-order valence-electron chi connectivity index (χ3n) is 21.2.